The van der Waals surface area contributed by atoms with Gasteiger partial charge >= 0.3 is 0 Å². The number of ether oxygens (including phenoxy) is 2. The molecule has 0 saturated heterocycles. The summed E-state index contributed by atoms with van der Waals surface area (Å²) in [5.41, 5.74) is 0.644. The Hall–Kier alpha value is -2.74. The van der Waals surface area contributed by atoms with Crippen LogP contribution in [0.1, 0.15) is 16.7 Å². The predicted octanol–water partition coefficient (Wildman–Crippen LogP) is 5.71. The Morgan fingerprint density at radius 2 is 1.14 bits per heavy atom. The third-order valence-corrected chi connectivity index (χ3v) is 4.31. The molecule has 0 unspecified atom stereocenters. The lowest BCUT2D eigenvalue weighted by molar-refractivity contribution is 0.185. The van der Waals surface area contributed by atoms with E-state index >= 15 is 0 Å². The number of halogens is 6. The third kappa shape index (κ3) is 3.28. The zero-order valence-corrected chi connectivity index (χ0v) is 14.8. The van der Waals surface area contributed by atoms with Crippen molar-refractivity contribution >= 4 is 10.8 Å². The van der Waals surface area contributed by atoms with Crippen LogP contribution in [0.2, 0.25) is 0 Å². The number of benzene rings is 3. The van der Waals surface area contributed by atoms with E-state index in [0.717, 1.165) is 12.5 Å². The number of rotatable bonds is 5. The van der Waals surface area contributed by atoms with E-state index in [9.17, 15) is 26.3 Å². The number of fused-ring (bicyclic) bond motifs is 1. The van der Waals surface area contributed by atoms with E-state index < -0.39 is 57.0 Å². The zero-order chi connectivity index (χ0) is 20.6. The van der Waals surface area contributed by atoms with E-state index in [1.807, 2.05) is 0 Å². The first-order valence-electron chi connectivity index (χ1n) is 8.10. The normalized spacial score (nSPS) is 11.3. The molecule has 0 spiro atoms. The minimum Gasteiger partial charge on any atom is -0.485 e. The Kier molecular flexibility index (Phi) is 5.51. The lowest BCUT2D eigenvalue weighted by Crippen LogP contribution is -2.07. The number of methoxy groups -OCH3 is 1. The van der Waals surface area contributed by atoms with Crippen molar-refractivity contribution < 1.29 is 35.8 Å². The number of hydrogen-bond donors (Lipinski definition) is 0. The summed E-state index contributed by atoms with van der Waals surface area (Å²) in [6.07, 6.45) is 0. The Balaban J connectivity index is 2.10. The molecule has 0 fully saturated rings. The molecule has 0 amide bonds. The summed E-state index contributed by atoms with van der Waals surface area (Å²) in [6, 6.07) is 6.61. The summed E-state index contributed by atoms with van der Waals surface area (Å²) in [7, 11) is 1.52. The smallest absolute Gasteiger partial charge is 0.204 e. The zero-order valence-electron chi connectivity index (χ0n) is 14.8. The van der Waals surface area contributed by atoms with E-state index in [-0.39, 0.29) is 6.61 Å². The van der Waals surface area contributed by atoms with Crippen LogP contribution in [0.3, 0.4) is 0 Å². The van der Waals surface area contributed by atoms with Crippen molar-refractivity contribution in [1.82, 2.24) is 0 Å². The molecular formula is C20H14F6O2. The van der Waals surface area contributed by atoms with E-state index in [2.05, 4.69) is 0 Å². The van der Waals surface area contributed by atoms with E-state index in [4.69, 9.17) is 9.47 Å². The fourth-order valence-electron chi connectivity index (χ4n) is 2.87. The van der Waals surface area contributed by atoms with Crippen LogP contribution in [-0.4, -0.2) is 7.11 Å². The second-order valence-electron chi connectivity index (χ2n) is 6.13. The standard InChI is InChI=1S/C20H14F6O2/c1-9-12-13(16(23)17(24)14(9)21)20(19(26)18(25)15(12)22)28-8-11-5-3-10(4-6-11)7-27-2/h3-6H,7-8H2,1-2H3. The molecule has 0 aliphatic carbocycles. The Morgan fingerprint density at radius 1 is 0.643 bits per heavy atom. The van der Waals surface area contributed by atoms with Gasteiger partial charge in [-0.3, -0.25) is 0 Å². The van der Waals surface area contributed by atoms with Gasteiger partial charge in [-0.25, -0.2) is 22.0 Å². The van der Waals surface area contributed by atoms with Crippen LogP contribution in [0.15, 0.2) is 24.3 Å². The van der Waals surface area contributed by atoms with Crippen molar-refractivity contribution in [2.45, 2.75) is 20.1 Å². The van der Waals surface area contributed by atoms with Gasteiger partial charge in [0, 0.05) is 12.5 Å². The maximum absolute atomic E-state index is 14.3. The molecule has 2 nitrogen and oxygen atoms in total. The Bertz CT molecular complexity index is 1040. The summed E-state index contributed by atoms with van der Waals surface area (Å²) < 4.78 is 94.3. The van der Waals surface area contributed by atoms with Crippen molar-refractivity contribution in [2.75, 3.05) is 7.11 Å². The van der Waals surface area contributed by atoms with Crippen LogP contribution in [0.25, 0.3) is 10.8 Å². The molecule has 28 heavy (non-hydrogen) atoms. The summed E-state index contributed by atoms with van der Waals surface area (Å²) >= 11 is 0. The molecular weight excluding hydrogens is 386 g/mol. The summed E-state index contributed by atoms with van der Waals surface area (Å²) in [5, 5.41) is -1.91. The highest BCUT2D eigenvalue weighted by Gasteiger charge is 2.29. The molecule has 0 aliphatic rings. The monoisotopic (exact) mass is 400 g/mol. The maximum Gasteiger partial charge on any atom is 0.204 e. The first kappa shape index (κ1) is 20.0. The van der Waals surface area contributed by atoms with Crippen LogP contribution < -0.4 is 4.74 Å². The molecule has 8 heteroatoms. The van der Waals surface area contributed by atoms with Crippen molar-refractivity contribution in [2.24, 2.45) is 0 Å². The van der Waals surface area contributed by atoms with E-state index in [1.165, 1.54) is 7.11 Å². The van der Waals surface area contributed by atoms with Crippen molar-refractivity contribution in [3.8, 4) is 5.75 Å². The maximum atomic E-state index is 14.3. The Morgan fingerprint density at radius 3 is 1.71 bits per heavy atom. The first-order valence-corrected chi connectivity index (χ1v) is 8.10. The molecule has 148 valence electrons. The molecule has 0 heterocycles. The molecule has 0 aromatic heterocycles. The highest BCUT2D eigenvalue weighted by Crippen LogP contribution is 2.39. The fraction of sp³-hybridized carbons (Fsp3) is 0.200. The first-order chi connectivity index (χ1) is 13.3. The highest BCUT2D eigenvalue weighted by atomic mass is 19.2. The van der Waals surface area contributed by atoms with Crippen LogP contribution in [0.5, 0.6) is 5.75 Å². The van der Waals surface area contributed by atoms with Crippen LogP contribution in [0, 0.1) is 41.8 Å². The van der Waals surface area contributed by atoms with Crippen LogP contribution in [0.4, 0.5) is 26.3 Å². The second kappa shape index (κ2) is 7.71. The quantitative estimate of drug-likeness (QED) is 0.404. The molecule has 0 aliphatic heterocycles. The molecule has 0 N–H and O–H groups in total. The molecule has 3 aromatic carbocycles. The van der Waals surface area contributed by atoms with Crippen molar-refractivity contribution in [3.63, 3.8) is 0 Å². The van der Waals surface area contributed by atoms with Gasteiger partial charge in [0.05, 0.1) is 12.0 Å². The molecule has 0 radical (unpaired) electrons. The van der Waals surface area contributed by atoms with Crippen LogP contribution in [-0.2, 0) is 18.0 Å². The minimum absolute atomic E-state index is 0.345. The van der Waals surface area contributed by atoms with Gasteiger partial charge < -0.3 is 9.47 Å². The van der Waals surface area contributed by atoms with Gasteiger partial charge in [0.2, 0.25) is 5.82 Å². The van der Waals surface area contributed by atoms with Gasteiger partial charge in [0.15, 0.2) is 34.8 Å². The number of hydrogen-bond acceptors (Lipinski definition) is 2. The topological polar surface area (TPSA) is 18.5 Å². The van der Waals surface area contributed by atoms with Gasteiger partial charge in [-0.05, 0) is 23.6 Å². The van der Waals surface area contributed by atoms with Crippen LogP contribution >= 0.6 is 0 Å². The minimum atomic E-state index is -1.97. The molecule has 0 atom stereocenters. The van der Waals surface area contributed by atoms with Gasteiger partial charge in [-0.1, -0.05) is 24.3 Å². The average Bonchev–Trinajstić information content (AvgIpc) is 2.69. The lowest BCUT2D eigenvalue weighted by atomic mass is 10.0. The number of aryl methyl sites for hydroxylation is 1. The second-order valence-corrected chi connectivity index (χ2v) is 6.13. The third-order valence-electron chi connectivity index (χ3n) is 4.31. The van der Waals surface area contributed by atoms with Gasteiger partial charge in [0.25, 0.3) is 0 Å². The van der Waals surface area contributed by atoms with Crippen molar-refractivity contribution in [1.29, 1.82) is 0 Å². The summed E-state index contributed by atoms with van der Waals surface area (Å²) in [6.45, 7) is 0.944. The largest absolute Gasteiger partial charge is 0.485 e. The molecule has 3 rings (SSSR count). The van der Waals surface area contributed by atoms with Gasteiger partial charge in [-0.15, -0.1) is 0 Å². The molecule has 0 saturated carbocycles. The highest BCUT2D eigenvalue weighted by molar-refractivity contribution is 5.92. The molecule has 3 aromatic rings. The van der Waals surface area contributed by atoms with E-state index in [0.29, 0.717) is 12.2 Å². The van der Waals surface area contributed by atoms with E-state index in [1.54, 1.807) is 24.3 Å². The summed E-state index contributed by atoms with van der Waals surface area (Å²) in [5.74, 6) is -12.1. The Labute approximate surface area is 156 Å². The summed E-state index contributed by atoms with van der Waals surface area (Å²) in [4.78, 5) is 0. The van der Waals surface area contributed by atoms with Gasteiger partial charge in [0.1, 0.15) is 6.61 Å². The van der Waals surface area contributed by atoms with Crippen molar-refractivity contribution in [3.05, 3.63) is 75.9 Å². The molecule has 0 bridgehead atoms. The van der Waals surface area contributed by atoms with Gasteiger partial charge in [-0.2, -0.15) is 4.39 Å². The average molecular weight is 400 g/mol. The SMILES string of the molecule is COCc1ccc(COc2c(F)c(F)c(F)c3c(C)c(F)c(F)c(F)c23)cc1. The predicted molar refractivity (Wildman–Crippen MR) is 89.9 cm³/mol. The lowest BCUT2D eigenvalue weighted by Gasteiger charge is -2.15. The fourth-order valence-corrected chi connectivity index (χ4v) is 2.87.